The first kappa shape index (κ1) is 19.6. The Kier molecular flexibility index (Phi) is 5.71. The number of quaternary nitrogens is 2. The third-order valence-corrected chi connectivity index (χ3v) is 5.41. The van der Waals surface area contributed by atoms with Crippen LogP contribution < -0.4 is 15.1 Å². The van der Waals surface area contributed by atoms with Gasteiger partial charge >= 0.3 is 12.2 Å². The molecule has 1 atom stereocenters. The predicted octanol–water partition coefficient (Wildman–Crippen LogP) is -1.07. The van der Waals surface area contributed by atoms with E-state index in [1.54, 1.807) is 6.07 Å². The standard InChI is InChI=1S/C18H23F3N4O2/c1-13(16(26)25-6-5-22-17(25)27)24-9-7-23(8-10-24)12-14-3-2-4-15(11-14)18(19,20)21/h2-4,11,13H,5-10,12H2,1H3,(H,22,27)/p+2/t13-/m1/s1. The van der Waals surface area contributed by atoms with Gasteiger partial charge in [-0.15, -0.1) is 0 Å². The van der Waals surface area contributed by atoms with Gasteiger partial charge in [-0.3, -0.25) is 9.69 Å². The molecule has 0 bridgehead atoms. The van der Waals surface area contributed by atoms with Crippen LogP contribution in [-0.2, 0) is 17.5 Å². The van der Waals surface area contributed by atoms with E-state index < -0.39 is 11.7 Å². The zero-order chi connectivity index (χ0) is 19.6. The fourth-order valence-corrected chi connectivity index (χ4v) is 3.77. The number of nitrogens with one attached hydrogen (secondary N) is 3. The van der Waals surface area contributed by atoms with Crippen LogP contribution in [0.5, 0.6) is 0 Å². The van der Waals surface area contributed by atoms with Crippen molar-refractivity contribution in [3.8, 4) is 0 Å². The fraction of sp³-hybridized carbons (Fsp3) is 0.556. The lowest BCUT2D eigenvalue weighted by Gasteiger charge is -2.33. The molecule has 2 aliphatic heterocycles. The first-order valence-electron chi connectivity index (χ1n) is 9.19. The Bertz CT molecular complexity index is 702. The second-order valence-corrected chi connectivity index (χ2v) is 7.23. The van der Waals surface area contributed by atoms with E-state index in [0.29, 0.717) is 25.2 Å². The molecule has 148 valence electrons. The number of carbonyl (C=O) groups is 2. The molecule has 0 aromatic heterocycles. The molecule has 1 aromatic rings. The first-order valence-corrected chi connectivity index (χ1v) is 9.19. The van der Waals surface area contributed by atoms with E-state index in [1.807, 2.05) is 6.92 Å². The van der Waals surface area contributed by atoms with E-state index in [9.17, 15) is 22.8 Å². The van der Waals surface area contributed by atoms with Crippen LogP contribution in [0.25, 0.3) is 0 Å². The molecular weight excluding hydrogens is 361 g/mol. The summed E-state index contributed by atoms with van der Waals surface area (Å²) in [5, 5.41) is 2.63. The molecule has 2 fully saturated rings. The van der Waals surface area contributed by atoms with Gasteiger partial charge in [-0.25, -0.2) is 4.79 Å². The second kappa shape index (κ2) is 7.85. The highest BCUT2D eigenvalue weighted by atomic mass is 19.4. The van der Waals surface area contributed by atoms with Crippen LogP contribution in [0.4, 0.5) is 18.0 Å². The third-order valence-electron chi connectivity index (χ3n) is 5.41. The molecule has 2 aliphatic rings. The van der Waals surface area contributed by atoms with E-state index >= 15 is 0 Å². The average Bonchev–Trinajstić information content (AvgIpc) is 3.06. The molecular formula is C18H25F3N4O2+2. The minimum Gasteiger partial charge on any atom is -0.336 e. The summed E-state index contributed by atoms with van der Waals surface area (Å²) in [4.78, 5) is 27.7. The molecule has 3 N–H and O–H groups in total. The molecule has 1 aromatic carbocycles. The molecule has 9 heteroatoms. The van der Waals surface area contributed by atoms with Gasteiger partial charge < -0.3 is 15.1 Å². The number of carbonyl (C=O) groups excluding carboxylic acids is 2. The maximum atomic E-state index is 12.8. The molecule has 3 rings (SSSR count). The Hall–Kier alpha value is -2.13. The number of hydrogen-bond donors (Lipinski definition) is 3. The molecule has 0 saturated carbocycles. The minimum atomic E-state index is -4.33. The van der Waals surface area contributed by atoms with Crippen molar-refractivity contribution in [1.82, 2.24) is 10.2 Å². The molecule has 2 saturated heterocycles. The maximum absolute atomic E-state index is 12.8. The fourth-order valence-electron chi connectivity index (χ4n) is 3.77. The van der Waals surface area contributed by atoms with Gasteiger partial charge in [0.25, 0.3) is 5.91 Å². The van der Waals surface area contributed by atoms with Gasteiger partial charge in [0.1, 0.15) is 32.7 Å². The zero-order valence-corrected chi connectivity index (χ0v) is 15.2. The van der Waals surface area contributed by atoms with Crippen LogP contribution in [0.1, 0.15) is 18.1 Å². The number of urea groups is 1. The Morgan fingerprint density at radius 3 is 2.56 bits per heavy atom. The van der Waals surface area contributed by atoms with Crippen LogP contribution in [0, 0.1) is 0 Å². The SMILES string of the molecule is C[C@H](C(=O)N1CCNC1=O)[NH+]1CC[NH+](Cc2cccc(C(F)(F)F)c2)CC1. The van der Waals surface area contributed by atoms with Crippen molar-refractivity contribution >= 4 is 11.9 Å². The number of nitrogens with zero attached hydrogens (tertiary/aromatic N) is 1. The number of benzene rings is 1. The van der Waals surface area contributed by atoms with Gasteiger partial charge in [-0.1, -0.05) is 12.1 Å². The number of imide groups is 1. The van der Waals surface area contributed by atoms with Crippen molar-refractivity contribution in [2.45, 2.75) is 25.7 Å². The number of alkyl halides is 3. The Balaban J connectivity index is 1.53. The summed E-state index contributed by atoms with van der Waals surface area (Å²) in [6, 6.07) is 4.83. The van der Waals surface area contributed by atoms with Gasteiger partial charge in [0.2, 0.25) is 0 Å². The molecule has 6 nitrogen and oxygen atoms in total. The maximum Gasteiger partial charge on any atom is 0.416 e. The summed E-state index contributed by atoms with van der Waals surface area (Å²) in [6.07, 6.45) is -4.33. The highest BCUT2D eigenvalue weighted by molar-refractivity contribution is 5.97. The zero-order valence-electron chi connectivity index (χ0n) is 15.2. The number of halogens is 3. The van der Waals surface area contributed by atoms with Crippen molar-refractivity contribution in [1.29, 1.82) is 0 Å². The molecule has 0 spiro atoms. The number of hydrogen-bond acceptors (Lipinski definition) is 2. The summed E-state index contributed by atoms with van der Waals surface area (Å²) in [7, 11) is 0. The lowest BCUT2D eigenvalue weighted by atomic mass is 10.1. The minimum absolute atomic E-state index is 0.165. The number of piperazine rings is 1. The topological polar surface area (TPSA) is 58.3 Å². The van der Waals surface area contributed by atoms with E-state index in [4.69, 9.17) is 0 Å². The van der Waals surface area contributed by atoms with Crippen LogP contribution in [0.3, 0.4) is 0 Å². The summed E-state index contributed by atoms with van der Waals surface area (Å²) in [5.74, 6) is -0.165. The Labute approximate surface area is 155 Å². The normalized spacial score (nSPS) is 24.6. The lowest BCUT2D eigenvalue weighted by Crippen LogP contribution is -3.29. The van der Waals surface area contributed by atoms with E-state index in [0.717, 1.165) is 37.1 Å². The molecule has 0 aliphatic carbocycles. The molecule has 0 radical (unpaired) electrons. The lowest BCUT2D eigenvalue weighted by molar-refractivity contribution is -1.02. The van der Waals surface area contributed by atoms with Gasteiger partial charge in [0.15, 0.2) is 6.04 Å². The van der Waals surface area contributed by atoms with Crippen molar-refractivity contribution in [3.63, 3.8) is 0 Å². The van der Waals surface area contributed by atoms with Crippen molar-refractivity contribution in [2.75, 3.05) is 39.3 Å². The first-order chi connectivity index (χ1) is 12.8. The van der Waals surface area contributed by atoms with Crippen molar-refractivity contribution in [3.05, 3.63) is 35.4 Å². The van der Waals surface area contributed by atoms with E-state index in [1.165, 1.54) is 21.9 Å². The van der Waals surface area contributed by atoms with Crippen LogP contribution in [0.2, 0.25) is 0 Å². The average molecular weight is 386 g/mol. The van der Waals surface area contributed by atoms with Gasteiger partial charge in [0.05, 0.1) is 5.56 Å². The molecule has 3 amide bonds. The van der Waals surface area contributed by atoms with Crippen LogP contribution in [0.15, 0.2) is 24.3 Å². The van der Waals surface area contributed by atoms with E-state index in [2.05, 4.69) is 5.32 Å². The second-order valence-electron chi connectivity index (χ2n) is 7.23. The Morgan fingerprint density at radius 2 is 1.96 bits per heavy atom. The van der Waals surface area contributed by atoms with Crippen LogP contribution >= 0.6 is 0 Å². The monoisotopic (exact) mass is 386 g/mol. The summed E-state index contributed by atoms with van der Waals surface area (Å²) < 4.78 is 38.5. The van der Waals surface area contributed by atoms with Gasteiger partial charge in [-0.05, 0) is 19.1 Å². The van der Waals surface area contributed by atoms with Crippen molar-refractivity contribution < 1.29 is 32.6 Å². The molecule has 27 heavy (non-hydrogen) atoms. The smallest absolute Gasteiger partial charge is 0.336 e. The summed E-state index contributed by atoms with van der Waals surface area (Å²) >= 11 is 0. The predicted molar refractivity (Wildman–Crippen MR) is 91.1 cm³/mol. The Morgan fingerprint density at radius 1 is 1.26 bits per heavy atom. The van der Waals surface area contributed by atoms with Crippen molar-refractivity contribution in [2.24, 2.45) is 0 Å². The van der Waals surface area contributed by atoms with Gasteiger partial charge in [-0.2, -0.15) is 13.2 Å². The van der Waals surface area contributed by atoms with Crippen LogP contribution in [-0.4, -0.2) is 62.1 Å². The largest absolute Gasteiger partial charge is 0.416 e. The summed E-state index contributed by atoms with van der Waals surface area (Å²) in [5.41, 5.74) is 0.0490. The quantitative estimate of drug-likeness (QED) is 0.617. The molecule has 2 heterocycles. The van der Waals surface area contributed by atoms with Gasteiger partial charge in [0, 0.05) is 18.7 Å². The third kappa shape index (κ3) is 4.59. The highest BCUT2D eigenvalue weighted by Crippen LogP contribution is 2.29. The number of rotatable bonds is 4. The highest BCUT2D eigenvalue weighted by Gasteiger charge is 2.37. The number of amides is 3. The summed E-state index contributed by atoms with van der Waals surface area (Å²) in [6.45, 7) is 6.30. The molecule has 0 unspecified atom stereocenters. The van der Waals surface area contributed by atoms with E-state index in [-0.39, 0.29) is 18.0 Å².